The molecule has 0 aromatic heterocycles. The molecule has 126 valence electrons. The first kappa shape index (κ1) is 18.2. The highest BCUT2D eigenvalue weighted by Crippen LogP contribution is 2.34. The summed E-state index contributed by atoms with van der Waals surface area (Å²) in [5, 5.41) is 21.7. The number of nitrogens with one attached hydrogen (secondary N) is 1. The smallest absolute Gasteiger partial charge is 0.322 e. The van der Waals surface area contributed by atoms with Crippen molar-refractivity contribution in [3.63, 3.8) is 0 Å². The number of carbonyl (C=O) groups excluding carboxylic acids is 1. The fourth-order valence-electron chi connectivity index (χ4n) is 1.64. The second-order valence-electron chi connectivity index (χ2n) is 4.20. The number of nitrogens with zero attached hydrogens (tertiary/aromatic N) is 1. The summed E-state index contributed by atoms with van der Waals surface area (Å²) in [6, 6.07) is 2.17. The molecule has 0 radical (unpaired) electrons. The molecule has 0 aliphatic carbocycles. The molecule has 0 fully saturated rings. The standard InChI is InChI=1S/C13H16N2O8/c1-21-3-4-23-11-6-9(15(19)20)8(5-10(11)22-2)13(18)14-7-12(16)17/h5-6H,3-4,7H2,1-2H3,(H,14,18)(H,16,17). The molecule has 0 aliphatic heterocycles. The van der Waals surface area contributed by atoms with E-state index in [4.69, 9.17) is 19.3 Å². The molecule has 0 bridgehead atoms. The highest BCUT2D eigenvalue weighted by atomic mass is 16.6. The van der Waals surface area contributed by atoms with E-state index in [1.807, 2.05) is 0 Å². The van der Waals surface area contributed by atoms with Crippen LogP contribution in [0.5, 0.6) is 11.5 Å². The minimum atomic E-state index is -1.27. The second-order valence-corrected chi connectivity index (χ2v) is 4.20. The predicted molar refractivity (Wildman–Crippen MR) is 77.0 cm³/mol. The van der Waals surface area contributed by atoms with Crippen molar-refractivity contribution in [3.8, 4) is 11.5 Å². The number of carboxylic acids is 1. The van der Waals surface area contributed by atoms with Crippen LogP contribution in [-0.4, -0.2) is 55.9 Å². The van der Waals surface area contributed by atoms with E-state index in [-0.39, 0.29) is 30.3 Å². The Kier molecular flexibility index (Phi) is 6.74. The summed E-state index contributed by atoms with van der Waals surface area (Å²) in [4.78, 5) is 32.8. The highest BCUT2D eigenvalue weighted by Gasteiger charge is 2.25. The lowest BCUT2D eigenvalue weighted by atomic mass is 10.1. The third-order valence-electron chi connectivity index (χ3n) is 2.67. The van der Waals surface area contributed by atoms with Gasteiger partial charge in [0, 0.05) is 13.2 Å². The van der Waals surface area contributed by atoms with Gasteiger partial charge >= 0.3 is 5.97 Å². The molecule has 0 atom stereocenters. The van der Waals surface area contributed by atoms with E-state index in [2.05, 4.69) is 5.32 Å². The van der Waals surface area contributed by atoms with E-state index in [0.717, 1.165) is 12.1 Å². The lowest BCUT2D eigenvalue weighted by molar-refractivity contribution is -0.385. The predicted octanol–water partition coefficient (Wildman–Crippen LogP) is 0.443. The van der Waals surface area contributed by atoms with Crippen molar-refractivity contribution in [2.45, 2.75) is 0 Å². The molecule has 0 heterocycles. The Morgan fingerprint density at radius 1 is 1.26 bits per heavy atom. The molecule has 1 aromatic rings. The number of hydrogen-bond donors (Lipinski definition) is 2. The summed E-state index contributed by atoms with van der Waals surface area (Å²) in [6.07, 6.45) is 0. The number of ether oxygens (including phenoxy) is 3. The van der Waals surface area contributed by atoms with Gasteiger partial charge in [0.05, 0.1) is 24.7 Å². The van der Waals surface area contributed by atoms with Gasteiger partial charge in [0.1, 0.15) is 18.7 Å². The minimum Gasteiger partial charge on any atom is -0.493 e. The molecule has 1 amide bonds. The number of rotatable bonds is 9. The molecule has 2 N–H and O–H groups in total. The fraction of sp³-hybridized carbons (Fsp3) is 0.385. The van der Waals surface area contributed by atoms with Crippen LogP contribution in [0.4, 0.5) is 5.69 Å². The van der Waals surface area contributed by atoms with Gasteiger partial charge in [0.2, 0.25) is 0 Å². The van der Waals surface area contributed by atoms with E-state index in [1.165, 1.54) is 14.2 Å². The Morgan fingerprint density at radius 2 is 1.96 bits per heavy atom. The van der Waals surface area contributed by atoms with E-state index >= 15 is 0 Å². The van der Waals surface area contributed by atoms with Crippen molar-refractivity contribution in [1.29, 1.82) is 0 Å². The van der Waals surface area contributed by atoms with Gasteiger partial charge < -0.3 is 24.6 Å². The molecule has 0 spiro atoms. The Morgan fingerprint density at radius 3 is 2.48 bits per heavy atom. The quantitative estimate of drug-likeness (QED) is 0.378. The van der Waals surface area contributed by atoms with Gasteiger partial charge in [-0.15, -0.1) is 0 Å². The van der Waals surface area contributed by atoms with Gasteiger partial charge in [-0.05, 0) is 0 Å². The zero-order valence-corrected chi connectivity index (χ0v) is 12.5. The molecule has 1 aromatic carbocycles. The van der Waals surface area contributed by atoms with Gasteiger partial charge in [-0.3, -0.25) is 19.7 Å². The van der Waals surface area contributed by atoms with Crippen LogP contribution < -0.4 is 14.8 Å². The van der Waals surface area contributed by atoms with Crippen molar-refractivity contribution < 1.29 is 33.8 Å². The molecule has 0 aliphatic rings. The van der Waals surface area contributed by atoms with Gasteiger partial charge in [-0.1, -0.05) is 0 Å². The largest absolute Gasteiger partial charge is 0.493 e. The number of benzene rings is 1. The SMILES string of the molecule is COCCOc1cc([N+](=O)[O-])c(C(=O)NCC(=O)O)cc1OC. The lowest BCUT2D eigenvalue weighted by Crippen LogP contribution is -2.29. The van der Waals surface area contributed by atoms with Crippen LogP contribution >= 0.6 is 0 Å². The number of carbonyl (C=O) groups is 2. The van der Waals surface area contributed by atoms with Crippen molar-refractivity contribution in [2.75, 3.05) is 34.0 Å². The Labute approximate surface area is 131 Å². The topological polar surface area (TPSA) is 137 Å². The van der Waals surface area contributed by atoms with E-state index in [1.54, 1.807) is 0 Å². The number of aliphatic carboxylic acids is 1. The Balaban J connectivity index is 3.16. The van der Waals surface area contributed by atoms with Crippen molar-refractivity contribution in [3.05, 3.63) is 27.8 Å². The van der Waals surface area contributed by atoms with Gasteiger partial charge in [-0.2, -0.15) is 0 Å². The normalized spacial score (nSPS) is 10.0. The van der Waals surface area contributed by atoms with Crippen molar-refractivity contribution in [1.82, 2.24) is 5.32 Å². The number of nitro benzene ring substituents is 1. The molecular weight excluding hydrogens is 312 g/mol. The Hall–Kier alpha value is -2.88. The molecule has 10 nitrogen and oxygen atoms in total. The number of carboxylic acid groups (broad SMARTS) is 1. The molecule has 10 heteroatoms. The molecule has 0 saturated carbocycles. The van der Waals surface area contributed by atoms with Gasteiger partial charge in [0.25, 0.3) is 11.6 Å². The number of methoxy groups -OCH3 is 2. The molecule has 0 unspecified atom stereocenters. The third-order valence-corrected chi connectivity index (χ3v) is 2.67. The first-order chi connectivity index (χ1) is 10.9. The van der Waals surface area contributed by atoms with E-state index < -0.39 is 29.0 Å². The summed E-state index contributed by atoms with van der Waals surface area (Å²) >= 11 is 0. The van der Waals surface area contributed by atoms with E-state index in [0.29, 0.717) is 0 Å². The van der Waals surface area contributed by atoms with Crippen molar-refractivity contribution in [2.24, 2.45) is 0 Å². The zero-order chi connectivity index (χ0) is 17.4. The maximum atomic E-state index is 11.9. The molecule has 23 heavy (non-hydrogen) atoms. The first-order valence-electron chi connectivity index (χ1n) is 6.38. The molecule has 1 rings (SSSR count). The van der Waals surface area contributed by atoms with Crippen LogP contribution in [0.25, 0.3) is 0 Å². The minimum absolute atomic E-state index is 0.0750. The summed E-state index contributed by atoms with van der Waals surface area (Å²) in [5.41, 5.74) is -0.853. The summed E-state index contributed by atoms with van der Waals surface area (Å²) < 4.78 is 15.2. The monoisotopic (exact) mass is 328 g/mol. The summed E-state index contributed by atoms with van der Waals surface area (Å²) in [6.45, 7) is -0.267. The van der Waals surface area contributed by atoms with Crippen LogP contribution in [0.1, 0.15) is 10.4 Å². The number of hydrogen-bond acceptors (Lipinski definition) is 7. The molecule has 0 saturated heterocycles. The lowest BCUT2D eigenvalue weighted by Gasteiger charge is -2.12. The molecular formula is C13H16N2O8. The maximum absolute atomic E-state index is 11.9. The number of nitro groups is 1. The second kappa shape index (κ2) is 8.54. The summed E-state index contributed by atoms with van der Waals surface area (Å²) in [7, 11) is 2.78. The fourth-order valence-corrected chi connectivity index (χ4v) is 1.64. The maximum Gasteiger partial charge on any atom is 0.322 e. The summed E-state index contributed by atoms with van der Waals surface area (Å²) in [5.74, 6) is -1.99. The van der Waals surface area contributed by atoms with Gasteiger partial charge in [0.15, 0.2) is 11.5 Å². The average molecular weight is 328 g/mol. The third kappa shape index (κ3) is 5.11. The van der Waals surface area contributed by atoms with Crippen LogP contribution in [0.15, 0.2) is 12.1 Å². The zero-order valence-electron chi connectivity index (χ0n) is 12.5. The van der Waals surface area contributed by atoms with Crippen molar-refractivity contribution >= 4 is 17.6 Å². The van der Waals surface area contributed by atoms with Crippen LogP contribution in [0.3, 0.4) is 0 Å². The highest BCUT2D eigenvalue weighted by molar-refractivity contribution is 6.00. The number of amides is 1. The first-order valence-corrected chi connectivity index (χ1v) is 6.38. The Bertz CT molecular complexity index is 602. The van der Waals surface area contributed by atoms with Crippen LogP contribution in [-0.2, 0) is 9.53 Å². The van der Waals surface area contributed by atoms with Gasteiger partial charge in [-0.25, -0.2) is 0 Å². The van der Waals surface area contributed by atoms with Crippen LogP contribution in [0, 0.1) is 10.1 Å². The van der Waals surface area contributed by atoms with E-state index in [9.17, 15) is 19.7 Å². The van der Waals surface area contributed by atoms with Crippen LogP contribution in [0.2, 0.25) is 0 Å². The average Bonchev–Trinajstić information content (AvgIpc) is 2.52.